The van der Waals surface area contributed by atoms with Crippen LogP contribution >= 0.6 is 0 Å². The zero-order valence-corrected chi connectivity index (χ0v) is 12.4. The van der Waals surface area contributed by atoms with Crippen LogP contribution in [0, 0.1) is 5.41 Å². The van der Waals surface area contributed by atoms with E-state index in [2.05, 4.69) is 26.1 Å². The lowest BCUT2D eigenvalue weighted by Gasteiger charge is -2.19. The maximum absolute atomic E-state index is 12.3. The van der Waals surface area contributed by atoms with Gasteiger partial charge in [-0.3, -0.25) is 9.59 Å². The van der Waals surface area contributed by atoms with Crippen molar-refractivity contribution in [1.29, 1.82) is 0 Å². The van der Waals surface area contributed by atoms with Crippen molar-refractivity contribution >= 4 is 16.8 Å². The van der Waals surface area contributed by atoms with E-state index in [1.807, 2.05) is 24.3 Å². The van der Waals surface area contributed by atoms with Crippen LogP contribution in [0.2, 0.25) is 0 Å². The number of nitrogens with zero attached hydrogens (tertiary/aromatic N) is 1. The molecule has 0 aliphatic rings. The molecule has 4 nitrogen and oxygen atoms in total. The second-order valence-corrected chi connectivity index (χ2v) is 6.22. The maximum Gasteiger partial charge on any atom is 0.252 e. The van der Waals surface area contributed by atoms with Crippen LogP contribution in [-0.2, 0) is 7.05 Å². The number of para-hydroxylation sites is 1. The van der Waals surface area contributed by atoms with E-state index >= 15 is 0 Å². The average Bonchev–Trinajstić information content (AvgIpc) is 2.39. The van der Waals surface area contributed by atoms with Gasteiger partial charge in [0.15, 0.2) is 0 Å². The summed E-state index contributed by atoms with van der Waals surface area (Å²) in [5.41, 5.74) is 1.03. The van der Waals surface area contributed by atoms with E-state index in [1.54, 1.807) is 11.6 Å². The monoisotopic (exact) mass is 272 g/mol. The molecule has 1 N–H and O–H groups in total. The van der Waals surface area contributed by atoms with Gasteiger partial charge >= 0.3 is 0 Å². The molecule has 0 saturated carbocycles. The van der Waals surface area contributed by atoms with Crippen LogP contribution in [0.15, 0.2) is 35.1 Å². The first-order valence-electron chi connectivity index (χ1n) is 6.66. The Morgan fingerprint density at radius 1 is 1.25 bits per heavy atom. The summed E-state index contributed by atoms with van der Waals surface area (Å²) >= 11 is 0. The maximum atomic E-state index is 12.3. The Kier molecular flexibility index (Phi) is 3.66. The van der Waals surface area contributed by atoms with Crippen molar-refractivity contribution in [3.63, 3.8) is 0 Å². The molecule has 0 spiro atoms. The van der Waals surface area contributed by atoms with E-state index < -0.39 is 0 Å². The molecule has 4 heteroatoms. The van der Waals surface area contributed by atoms with Gasteiger partial charge in [-0.15, -0.1) is 0 Å². The number of hydrogen-bond acceptors (Lipinski definition) is 2. The number of amides is 1. The number of nitrogens with one attached hydrogen (secondary N) is 1. The molecule has 2 rings (SSSR count). The summed E-state index contributed by atoms with van der Waals surface area (Å²) in [6, 6.07) is 8.84. The fourth-order valence-corrected chi connectivity index (χ4v) is 2.04. The van der Waals surface area contributed by atoms with Crippen molar-refractivity contribution in [2.75, 3.05) is 6.54 Å². The van der Waals surface area contributed by atoms with Crippen LogP contribution in [-0.4, -0.2) is 17.0 Å². The minimum atomic E-state index is -0.200. The lowest BCUT2D eigenvalue weighted by atomic mass is 9.97. The Bertz CT molecular complexity index is 708. The number of hydrogen-bond donors (Lipinski definition) is 1. The van der Waals surface area contributed by atoms with Crippen molar-refractivity contribution in [2.45, 2.75) is 20.8 Å². The van der Waals surface area contributed by atoms with Gasteiger partial charge in [0.25, 0.3) is 11.5 Å². The van der Waals surface area contributed by atoms with Gasteiger partial charge in [-0.25, -0.2) is 0 Å². The van der Waals surface area contributed by atoms with Gasteiger partial charge in [0.05, 0.1) is 11.1 Å². The minimum absolute atomic E-state index is 0.00516. The first-order chi connectivity index (χ1) is 9.29. The number of aromatic nitrogens is 1. The summed E-state index contributed by atoms with van der Waals surface area (Å²) in [6.45, 7) is 6.72. The number of fused-ring (bicyclic) bond motifs is 1. The molecule has 0 aliphatic heterocycles. The third-order valence-corrected chi connectivity index (χ3v) is 3.18. The quantitative estimate of drug-likeness (QED) is 0.912. The summed E-state index contributed by atoms with van der Waals surface area (Å²) < 4.78 is 1.55. The molecule has 0 atom stereocenters. The van der Waals surface area contributed by atoms with Crippen molar-refractivity contribution < 1.29 is 4.79 Å². The summed E-state index contributed by atoms with van der Waals surface area (Å²) in [7, 11) is 1.71. The van der Waals surface area contributed by atoms with Gasteiger partial charge in [-0.05, 0) is 11.5 Å². The Morgan fingerprint density at radius 2 is 1.90 bits per heavy atom. The predicted octanol–water partition coefficient (Wildman–Crippen LogP) is 2.31. The molecule has 106 valence electrons. The number of pyridine rings is 1. The van der Waals surface area contributed by atoms with E-state index in [-0.39, 0.29) is 16.9 Å². The molecule has 1 amide bonds. The summed E-state index contributed by atoms with van der Waals surface area (Å²) in [4.78, 5) is 24.3. The highest BCUT2D eigenvalue weighted by Crippen LogP contribution is 2.17. The van der Waals surface area contributed by atoms with Gasteiger partial charge in [0, 0.05) is 25.0 Å². The first kappa shape index (κ1) is 14.3. The molecule has 0 unspecified atom stereocenters. The molecule has 1 aromatic heterocycles. The van der Waals surface area contributed by atoms with Gasteiger partial charge in [0.1, 0.15) is 0 Å². The van der Waals surface area contributed by atoms with Crippen LogP contribution < -0.4 is 10.9 Å². The van der Waals surface area contributed by atoms with E-state index in [0.29, 0.717) is 12.1 Å². The molecule has 0 aliphatic carbocycles. The molecular weight excluding hydrogens is 252 g/mol. The standard InChI is InChI=1S/C16H20N2O2/c1-16(2,3)10-17-15(20)12-9-14(19)18(4)13-8-6-5-7-11(12)13/h5-9H,10H2,1-4H3,(H,17,20). The zero-order valence-electron chi connectivity index (χ0n) is 12.4. The second kappa shape index (κ2) is 5.12. The van der Waals surface area contributed by atoms with Gasteiger partial charge in [0.2, 0.25) is 0 Å². The molecule has 0 saturated heterocycles. The van der Waals surface area contributed by atoms with Crippen LogP contribution in [0.1, 0.15) is 31.1 Å². The average molecular weight is 272 g/mol. The van der Waals surface area contributed by atoms with Crippen LogP contribution in [0.4, 0.5) is 0 Å². The number of carbonyl (C=O) groups is 1. The smallest absolute Gasteiger partial charge is 0.252 e. The Morgan fingerprint density at radius 3 is 2.55 bits per heavy atom. The summed E-state index contributed by atoms with van der Waals surface area (Å²) in [5, 5.41) is 3.68. The molecule has 1 aromatic carbocycles. The van der Waals surface area contributed by atoms with E-state index in [1.165, 1.54) is 6.07 Å². The van der Waals surface area contributed by atoms with E-state index in [4.69, 9.17) is 0 Å². The number of rotatable bonds is 2. The molecular formula is C16H20N2O2. The zero-order chi connectivity index (χ0) is 14.9. The molecule has 1 heterocycles. The largest absolute Gasteiger partial charge is 0.351 e. The van der Waals surface area contributed by atoms with E-state index in [0.717, 1.165) is 10.9 Å². The molecule has 2 aromatic rings. The number of carbonyl (C=O) groups excluding carboxylic acids is 1. The van der Waals surface area contributed by atoms with Crippen LogP contribution in [0.5, 0.6) is 0 Å². The van der Waals surface area contributed by atoms with Crippen LogP contribution in [0.25, 0.3) is 10.9 Å². The molecule has 0 fully saturated rings. The van der Waals surface area contributed by atoms with Crippen molar-refractivity contribution in [3.8, 4) is 0 Å². The minimum Gasteiger partial charge on any atom is -0.351 e. The normalized spacial score (nSPS) is 11.6. The van der Waals surface area contributed by atoms with Gasteiger partial charge in [-0.2, -0.15) is 0 Å². The highest BCUT2D eigenvalue weighted by atomic mass is 16.2. The summed E-state index contributed by atoms with van der Waals surface area (Å²) in [6.07, 6.45) is 0. The third-order valence-electron chi connectivity index (χ3n) is 3.18. The Balaban J connectivity index is 2.47. The highest BCUT2D eigenvalue weighted by Gasteiger charge is 2.16. The fourth-order valence-electron chi connectivity index (χ4n) is 2.04. The number of aryl methyl sites for hydroxylation is 1. The predicted molar refractivity (Wildman–Crippen MR) is 81.0 cm³/mol. The molecule has 0 radical (unpaired) electrons. The summed E-state index contributed by atoms with van der Waals surface area (Å²) in [5.74, 6) is -0.200. The number of benzene rings is 1. The Labute approximate surface area is 118 Å². The first-order valence-corrected chi connectivity index (χ1v) is 6.66. The Hall–Kier alpha value is -2.10. The van der Waals surface area contributed by atoms with Crippen LogP contribution in [0.3, 0.4) is 0 Å². The lowest BCUT2D eigenvalue weighted by molar-refractivity contribution is 0.0941. The third kappa shape index (κ3) is 2.90. The van der Waals surface area contributed by atoms with Crippen molar-refractivity contribution in [1.82, 2.24) is 9.88 Å². The highest BCUT2D eigenvalue weighted by molar-refractivity contribution is 6.06. The molecule has 0 bridgehead atoms. The van der Waals surface area contributed by atoms with Gasteiger partial charge < -0.3 is 9.88 Å². The van der Waals surface area contributed by atoms with Crippen molar-refractivity contribution in [3.05, 3.63) is 46.2 Å². The fraction of sp³-hybridized carbons (Fsp3) is 0.375. The second-order valence-electron chi connectivity index (χ2n) is 6.22. The van der Waals surface area contributed by atoms with Gasteiger partial charge in [-0.1, -0.05) is 39.0 Å². The molecule has 20 heavy (non-hydrogen) atoms. The topological polar surface area (TPSA) is 51.1 Å². The lowest BCUT2D eigenvalue weighted by Crippen LogP contribution is -2.33. The van der Waals surface area contributed by atoms with E-state index in [9.17, 15) is 9.59 Å². The van der Waals surface area contributed by atoms with Crippen molar-refractivity contribution in [2.24, 2.45) is 12.5 Å². The SMILES string of the molecule is Cn1c(=O)cc(C(=O)NCC(C)(C)C)c2ccccc21.